The minimum atomic E-state index is -0.992. The zero-order valence-corrected chi connectivity index (χ0v) is 17.4. The highest BCUT2D eigenvalue weighted by molar-refractivity contribution is 6.30. The number of halogens is 1. The summed E-state index contributed by atoms with van der Waals surface area (Å²) in [5.74, 6) is 1.52. The van der Waals surface area contributed by atoms with Crippen molar-refractivity contribution in [2.75, 3.05) is 13.2 Å². The number of para-hydroxylation sites is 1. The number of hydrogen-bond acceptors (Lipinski definition) is 4. The number of carbonyl (C=O) groups is 1. The van der Waals surface area contributed by atoms with Crippen molar-refractivity contribution in [3.63, 3.8) is 0 Å². The van der Waals surface area contributed by atoms with E-state index in [0.29, 0.717) is 34.6 Å². The molecule has 0 amide bonds. The summed E-state index contributed by atoms with van der Waals surface area (Å²) in [4.78, 5) is 10.6. The number of rotatable bonds is 10. The second-order valence-corrected chi connectivity index (χ2v) is 7.18. The molecule has 0 unspecified atom stereocenters. The summed E-state index contributed by atoms with van der Waals surface area (Å²) in [6, 6.07) is 20.5. The first-order chi connectivity index (χ1) is 14.5. The fourth-order valence-corrected chi connectivity index (χ4v) is 3.09. The second kappa shape index (κ2) is 10.6. The van der Waals surface area contributed by atoms with E-state index in [2.05, 4.69) is 0 Å². The van der Waals surface area contributed by atoms with Crippen LogP contribution in [0.25, 0.3) is 0 Å². The summed E-state index contributed by atoms with van der Waals surface area (Å²) < 4.78 is 17.1. The summed E-state index contributed by atoms with van der Waals surface area (Å²) in [6.07, 6.45) is 1.63. The highest BCUT2D eigenvalue weighted by atomic mass is 35.5. The molecule has 0 saturated carbocycles. The molecule has 3 aromatic rings. The molecule has 1 N–H and O–H groups in total. The first-order valence-electron chi connectivity index (χ1n) is 9.60. The summed E-state index contributed by atoms with van der Waals surface area (Å²) in [7, 11) is 0. The van der Waals surface area contributed by atoms with Crippen LogP contribution in [-0.2, 0) is 11.2 Å². The van der Waals surface area contributed by atoms with Gasteiger partial charge in [-0.25, -0.2) is 4.79 Å². The van der Waals surface area contributed by atoms with Crippen LogP contribution in [0.4, 0.5) is 0 Å². The number of ether oxygens (including phenoxy) is 3. The quantitative estimate of drug-likeness (QED) is 0.408. The molecular weight excluding hydrogens is 404 g/mol. The lowest BCUT2D eigenvalue weighted by Gasteiger charge is -2.13. The van der Waals surface area contributed by atoms with Crippen LogP contribution in [0.1, 0.15) is 17.5 Å². The summed E-state index contributed by atoms with van der Waals surface area (Å²) in [6.45, 7) is 2.07. The molecule has 3 aromatic carbocycles. The number of carboxylic acids is 1. The van der Waals surface area contributed by atoms with Crippen molar-refractivity contribution in [2.24, 2.45) is 0 Å². The Bertz CT molecular complexity index is 988. The van der Waals surface area contributed by atoms with Gasteiger partial charge >= 0.3 is 5.97 Å². The number of aryl methyl sites for hydroxylation is 2. The Balaban J connectivity index is 1.54. The van der Waals surface area contributed by atoms with E-state index in [4.69, 9.17) is 30.9 Å². The van der Waals surface area contributed by atoms with Crippen LogP contribution in [0.2, 0.25) is 5.02 Å². The average Bonchev–Trinajstić information content (AvgIpc) is 2.72. The second-order valence-electron chi connectivity index (χ2n) is 6.74. The van der Waals surface area contributed by atoms with Gasteiger partial charge in [0.25, 0.3) is 0 Å². The van der Waals surface area contributed by atoms with Gasteiger partial charge in [-0.05, 0) is 61.2 Å². The topological polar surface area (TPSA) is 65.0 Å². The molecule has 5 nitrogen and oxygen atoms in total. The van der Waals surface area contributed by atoms with Gasteiger partial charge in [-0.1, -0.05) is 41.9 Å². The number of hydrogen-bond donors (Lipinski definition) is 1. The average molecular weight is 427 g/mol. The van der Waals surface area contributed by atoms with Gasteiger partial charge in [0.1, 0.15) is 11.5 Å². The van der Waals surface area contributed by atoms with E-state index >= 15 is 0 Å². The van der Waals surface area contributed by atoms with Gasteiger partial charge in [-0.2, -0.15) is 0 Å². The predicted molar refractivity (Wildman–Crippen MR) is 116 cm³/mol. The van der Waals surface area contributed by atoms with E-state index in [9.17, 15) is 4.79 Å². The largest absolute Gasteiger partial charge is 0.490 e. The van der Waals surface area contributed by atoms with Crippen LogP contribution in [0, 0.1) is 6.92 Å². The van der Waals surface area contributed by atoms with Gasteiger partial charge in [-0.15, -0.1) is 0 Å². The van der Waals surface area contributed by atoms with Crippen molar-refractivity contribution in [3.05, 3.63) is 82.9 Å². The molecule has 0 saturated heterocycles. The summed E-state index contributed by atoms with van der Waals surface area (Å²) in [5.41, 5.74) is 2.04. The number of aliphatic carboxylic acids is 1. The molecule has 0 heterocycles. The fourth-order valence-electron chi connectivity index (χ4n) is 2.92. The minimum Gasteiger partial charge on any atom is -0.490 e. The highest BCUT2D eigenvalue weighted by Gasteiger charge is 2.08. The number of benzene rings is 3. The van der Waals surface area contributed by atoms with Crippen molar-refractivity contribution in [1.29, 1.82) is 0 Å². The molecule has 3 rings (SSSR count). The van der Waals surface area contributed by atoms with Gasteiger partial charge in [0, 0.05) is 11.1 Å². The maximum atomic E-state index is 10.6. The van der Waals surface area contributed by atoms with E-state index in [-0.39, 0.29) is 6.61 Å². The molecule has 0 aliphatic carbocycles. The van der Waals surface area contributed by atoms with E-state index in [0.717, 1.165) is 24.0 Å². The monoisotopic (exact) mass is 426 g/mol. The lowest BCUT2D eigenvalue weighted by atomic mass is 10.1. The van der Waals surface area contributed by atoms with Crippen molar-refractivity contribution in [1.82, 2.24) is 0 Å². The normalized spacial score (nSPS) is 10.5. The maximum Gasteiger partial charge on any atom is 0.341 e. The van der Waals surface area contributed by atoms with E-state index in [1.54, 1.807) is 24.3 Å². The molecule has 30 heavy (non-hydrogen) atoms. The molecule has 0 aliphatic heterocycles. The zero-order chi connectivity index (χ0) is 21.3. The van der Waals surface area contributed by atoms with E-state index in [1.807, 2.05) is 49.4 Å². The standard InChI is InChI=1S/C24H23ClO5/c1-17-14-18(9-11-21(17)29-16-24(26)27)6-5-13-28-22-12-10-19(25)15-23(22)30-20-7-3-2-4-8-20/h2-4,7-12,14-15H,5-6,13,16H2,1H3,(H,26,27). The molecule has 0 aromatic heterocycles. The Labute approximate surface area is 180 Å². The summed E-state index contributed by atoms with van der Waals surface area (Å²) in [5, 5.41) is 9.30. The molecule has 0 fully saturated rings. The van der Waals surface area contributed by atoms with Crippen LogP contribution < -0.4 is 14.2 Å². The van der Waals surface area contributed by atoms with E-state index in [1.165, 1.54) is 0 Å². The molecule has 0 radical (unpaired) electrons. The highest BCUT2D eigenvalue weighted by Crippen LogP contribution is 2.34. The Morgan fingerprint density at radius 1 is 0.933 bits per heavy atom. The van der Waals surface area contributed by atoms with Gasteiger partial charge in [0.05, 0.1) is 6.61 Å². The van der Waals surface area contributed by atoms with Gasteiger partial charge in [-0.3, -0.25) is 0 Å². The van der Waals surface area contributed by atoms with Crippen molar-refractivity contribution in [3.8, 4) is 23.0 Å². The molecule has 0 atom stereocenters. The van der Waals surface area contributed by atoms with Crippen LogP contribution in [-0.4, -0.2) is 24.3 Å². The Morgan fingerprint density at radius 2 is 1.70 bits per heavy atom. The Morgan fingerprint density at radius 3 is 2.43 bits per heavy atom. The summed E-state index contributed by atoms with van der Waals surface area (Å²) >= 11 is 6.11. The lowest BCUT2D eigenvalue weighted by molar-refractivity contribution is -0.139. The van der Waals surface area contributed by atoms with Crippen molar-refractivity contribution in [2.45, 2.75) is 19.8 Å². The van der Waals surface area contributed by atoms with Crippen molar-refractivity contribution >= 4 is 17.6 Å². The predicted octanol–water partition coefficient (Wildman–Crippen LogP) is 5.92. The smallest absolute Gasteiger partial charge is 0.341 e. The van der Waals surface area contributed by atoms with Crippen LogP contribution >= 0.6 is 11.6 Å². The molecule has 0 bridgehead atoms. The maximum absolute atomic E-state index is 10.6. The molecule has 6 heteroatoms. The Kier molecular flexibility index (Phi) is 7.57. The van der Waals surface area contributed by atoms with Gasteiger partial charge in [0.2, 0.25) is 0 Å². The lowest BCUT2D eigenvalue weighted by Crippen LogP contribution is -2.10. The molecule has 156 valence electrons. The zero-order valence-electron chi connectivity index (χ0n) is 16.6. The third kappa shape index (κ3) is 6.42. The van der Waals surface area contributed by atoms with E-state index < -0.39 is 5.97 Å². The van der Waals surface area contributed by atoms with Crippen LogP contribution in [0.5, 0.6) is 23.0 Å². The molecular formula is C24H23ClO5. The first kappa shape index (κ1) is 21.5. The Hall–Kier alpha value is -3.18. The first-order valence-corrected chi connectivity index (χ1v) is 9.98. The number of carboxylic acid groups (broad SMARTS) is 1. The SMILES string of the molecule is Cc1cc(CCCOc2ccc(Cl)cc2Oc2ccccc2)ccc1OCC(=O)O. The van der Waals surface area contributed by atoms with Crippen molar-refractivity contribution < 1.29 is 24.1 Å². The third-order valence-corrected chi connectivity index (χ3v) is 4.57. The molecule has 0 spiro atoms. The minimum absolute atomic E-state index is 0.345. The van der Waals surface area contributed by atoms with Crippen LogP contribution in [0.3, 0.4) is 0 Å². The van der Waals surface area contributed by atoms with Gasteiger partial charge in [0.15, 0.2) is 18.1 Å². The van der Waals surface area contributed by atoms with Gasteiger partial charge < -0.3 is 19.3 Å². The molecule has 0 aliphatic rings. The third-order valence-electron chi connectivity index (χ3n) is 4.33. The van der Waals surface area contributed by atoms with Crippen LogP contribution in [0.15, 0.2) is 66.7 Å². The fraction of sp³-hybridized carbons (Fsp3) is 0.208.